The maximum Gasteiger partial charge on any atom is 0.262 e. The van der Waals surface area contributed by atoms with Crippen LogP contribution >= 0.6 is 23.2 Å². The Morgan fingerprint density at radius 3 is 2.48 bits per heavy atom. The number of methoxy groups -OCH3 is 1. The molecule has 0 aliphatic heterocycles. The Morgan fingerprint density at radius 2 is 1.81 bits per heavy atom. The minimum absolute atomic E-state index is 0.223. The predicted molar refractivity (Wildman–Crippen MR) is 124 cm³/mol. The molecule has 3 aromatic rings. The van der Waals surface area contributed by atoms with E-state index < -0.39 is 0 Å². The lowest BCUT2D eigenvalue weighted by molar-refractivity contribution is -0.118. The molecule has 5 nitrogen and oxygen atoms in total. The van der Waals surface area contributed by atoms with E-state index in [1.54, 1.807) is 42.5 Å². The molecule has 7 heteroatoms. The molecule has 156 valence electrons. The van der Waals surface area contributed by atoms with Crippen LogP contribution in [0.4, 0.5) is 5.69 Å². The Hall–Kier alpha value is -3.46. The van der Waals surface area contributed by atoms with Gasteiger partial charge in [0.2, 0.25) is 0 Å². The van der Waals surface area contributed by atoms with Gasteiger partial charge in [0.05, 0.1) is 28.8 Å². The zero-order valence-corrected chi connectivity index (χ0v) is 18.1. The number of ether oxygens (including phenoxy) is 2. The van der Waals surface area contributed by atoms with Crippen LogP contribution in [-0.2, 0) is 4.79 Å². The molecule has 0 radical (unpaired) electrons. The van der Waals surface area contributed by atoms with Crippen molar-refractivity contribution in [2.45, 2.75) is 0 Å². The Bertz CT molecular complexity index is 1160. The topological polar surface area (TPSA) is 71.3 Å². The monoisotopic (exact) mass is 452 g/mol. The maximum atomic E-state index is 12.2. The second-order valence-electron chi connectivity index (χ2n) is 6.41. The van der Waals surface area contributed by atoms with Crippen molar-refractivity contribution >= 4 is 46.4 Å². The zero-order chi connectivity index (χ0) is 22.2. The van der Waals surface area contributed by atoms with Gasteiger partial charge in [0, 0.05) is 5.69 Å². The van der Waals surface area contributed by atoms with Crippen LogP contribution in [0, 0.1) is 11.3 Å². The number of anilines is 1. The van der Waals surface area contributed by atoms with E-state index in [4.69, 9.17) is 32.7 Å². The summed E-state index contributed by atoms with van der Waals surface area (Å²) < 4.78 is 11.0. The number of nitrogens with one attached hydrogen (secondary N) is 1. The third kappa shape index (κ3) is 6.02. The summed E-state index contributed by atoms with van der Waals surface area (Å²) in [5, 5.41) is 12.9. The largest absolute Gasteiger partial charge is 0.493 e. The first-order chi connectivity index (χ1) is 15.0. The number of carbonyl (C=O) groups excluding carboxylic acids is 1. The number of allylic oxidation sites excluding steroid dienone is 1. The van der Waals surface area contributed by atoms with Crippen molar-refractivity contribution in [1.29, 1.82) is 5.26 Å². The number of nitrogens with zero attached hydrogens (tertiary/aromatic N) is 1. The quantitative estimate of drug-likeness (QED) is 0.348. The molecule has 0 aliphatic carbocycles. The second kappa shape index (κ2) is 10.5. The van der Waals surface area contributed by atoms with Gasteiger partial charge in [0.15, 0.2) is 18.1 Å². The van der Waals surface area contributed by atoms with Crippen molar-refractivity contribution in [2.75, 3.05) is 19.0 Å². The second-order valence-corrected chi connectivity index (χ2v) is 7.23. The van der Waals surface area contributed by atoms with Gasteiger partial charge in [0.1, 0.15) is 0 Å². The summed E-state index contributed by atoms with van der Waals surface area (Å²) in [7, 11) is 1.51. The fourth-order valence-corrected chi connectivity index (χ4v) is 3.07. The van der Waals surface area contributed by atoms with Gasteiger partial charge in [-0.3, -0.25) is 4.79 Å². The van der Waals surface area contributed by atoms with Gasteiger partial charge < -0.3 is 14.8 Å². The van der Waals surface area contributed by atoms with E-state index in [1.165, 1.54) is 7.11 Å². The van der Waals surface area contributed by atoms with E-state index >= 15 is 0 Å². The van der Waals surface area contributed by atoms with Crippen molar-refractivity contribution in [3.8, 4) is 17.6 Å². The van der Waals surface area contributed by atoms with Gasteiger partial charge in [-0.2, -0.15) is 5.26 Å². The third-order valence-corrected chi connectivity index (χ3v) is 5.01. The lowest BCUT2D eigenvalue weighted by Crippen LogP contribution is -2.20. The lowest BCUT2D eigenvalue weighted by atomic mass is 10.0. The first kappa shape index (κ1) is 22.2. The molecule has 0 fully saturated rings. The Kier molecular flexibility index (Phi) is 7.55. The Labute approximate surface area is 190 Å². The summed E-state index contributed by atoms with van der Waals surface area (Å²) in [6.07, 6.45) is 1.76. The number of carbonyl (C=O) groups is 1. The van der Waals surface area contributed by atoms with E-state index in [0.29, 0.717) is 32.8 Å². The van der Waals surface area contributed by atoms with Crippen LogP contribution in [0.5, 0.6) is 11.5 Å². The van der Waals surface area contributed by atoms with Gasteiger partial charge in [-0.15, -0.1) is 0 Å². The van der Waals surface area contributed by atoms with Crippen LogP contribution in [0.1, 0.15) is 11.1 Å². The molecule has 0 unspecified atom stereocenters. The van der Waals surface area contributed by atoms with Crippen LogP contribution in [-0.4, -0.2) is 19.6 Å². The molecule has 0 heterocycles. The molecule has 3 aromatic carbocycles. The van der Waals surface area contributed by atoms with E-state index in [0.717, 1.165) is 11.1 Å². The van der Waals surface area contributed by atoms with Gasteiger partial charge in [-0.1, -0.05) is 59.6 Å². The summed E-state index contributed by atoms with van der Waals surface area (Å²) >= 11 is 11.8. The summed E-state index contributed by atoms with van der Waals surface area (Å²) in [5.41, 5.74) is 2.63. The summed E-state index contributed by atoms with van der Waals surface area (Å²) in [5.74, 6) is 0.490. The molecule has 1 amide bonds. The van der Waals surface area contributed by atoms with Crippen molar-refractivity contribution in [3.63, 3.8) is 0 Å². The molecule has 31 heavy (non-hydrogen) atoms. The predicted octanol–water partition coefficient (Wildman–Crippen LogP) is 6.08. The molecule has 3 rings (SSSR count). The molecular weight excluding hydrogens is 435 g/mol. The molecular formula is C24H18Cl2N2O3. The average molecular weight is 453 g/mol. The maximum absolute atomic E-state index is 12.2. The third-order valence-electron chi connectivity index (χ3n) is 4.27. The smallest absolute Gasteiger partial charge is 0.262 e. The van der Waals surface area contributed by atoms with Crippen LogP contribution < -0.4 is 14.8 Å². The minimum atomic E-state index is -0.361. The number of halogens is 2. The van der Waals surface area contributed by atoms with E-state index in [-0.39, 0.29) is 12.5 Å². The normalized spacial score (nSPS) is 10.8. The average Bonchev–Trinajstić information content (AvgIpc) is 2.79. The molecule has 0 aliphatic rings. The zero-order valence-electron chi connectivity index (χ0n) is 16.6. The fourth-order valence-electron chi connectivity index (χ4n) is 2.77. The van der Waals surface area contributed by atoms with E-state index in [9.17, 15) is 10.1 Å². The van der Waals surface area contributed by atoms with Crippen molar-refractivity contribution in [3.05, 3.63) is 87.9 Å². The van der Waals surface area contributed by atoms with Gasteiger partial charge in [-0.25, -0.2) is 0 Å². The van der Waals surface area contributed by atoms with Gasteiger partial charge in [0.25, 0.3) is 5.91 Å². The highest BCUT2D eigenvalue weighted by Gasteiger charge is 2.10. The highest BCUT2D eigenvalue weighted by atomic mass is 35.5. The van der Waals surface area contributed by atoms with Gasteiger partial charge >= 0.3 is 0 Å². The number of nitriles is 1. The first-order valence-corrected chi connectivity index (χ1v) is 9.98. The lowest BCUT2D eigenvalue weighted by Gasteiger charge is -2.12. The highest BCUT2D eigenvalue weighted by molar-refractivity contribution is 6.42. The number of rotatable bonds is 7. The van der Waals surface area contributed by atoms with Crippen molar-refractivity contribution in [2.24, 2.45) is 0 Å². The summed E-state index contributed by atoms with van der Waals surface area (Å²) in [6.45, 7) is -0.223. The fraction of sp³-hybridized carbons (Fsp3) is 0.0833. The van der Waals surface area contributed by atoms with Crippen LogP contribution in [0.15, 0.2) is 66.7 Å². The molecule has 0 saturated heterocycles. The van der Waals surface area contributed by atoms with Crippen molar-refractivity contribution in [1.82, 2.24) is 0 Å². The minimum Gasteiger partial charge on any atom is -0.493 e. The molecule has 0 saturated carbocycles. The van der Waals surface area contributed by atoms with Crippen molar-refractivity contribution < 1.29 is 14.3 Å². The standard InChI is InChI=1S/C24H18Cl2N2O3/c1-30-23-12-16(11-18(14-27)17-5-3-2-4-6-17)7-10-22(23)31-15-24(29)28-19-8-9-20(25)21(26)13-19/h2-13H,15H2,1H3,(H,28,29). The molecule has 0 aromatic heterocycles. The highest BCUT2D eigenvalue weighted by Crippen LogP contribution is 2.30. The molecule has 0 spiro atoms. The molecule has 0 atom stereocenters. The number of hydrogen-bond acceptors (Lipinski definition) is 4. The number of amides is 1. The molecule has 0 bridgehead atoms. The van der Waals surface area contributed by atoms with Crippen LogP contribution in [0.25, 0.3) is 11.6 Å². The Morgan fingerprint density at radius 1 is 1.03 bits per heavy atom. The molecule has 1 N–H and O–H groups in total. The summed E-state index contributed by atoms with van der Waals surface area (Å²) in [4.78, 5) is 12.2. The Balaban J connectivity index is 1.70. The SMILES string of the molecule is COc1cc(C=C(C#N)c2ccccc2)ccc1OCC(=O)Nc1ccc(Cl)c(Cl)c1. The van der Waals surface area contributed by atoms with E-state index in [2.05, 4.69) is 11.4 Å². The van der Waals surface area contributed by atoms with Crippen LogP contribution in [0.3, 0.4) is 0 Å². The summed E-state index contributed by atoms with van der Waals surface area (Å²) in [6, 6.07) is 21.6. The first-order valence-electron chi connectivity index (χ1n) is 9.23. The van der Waals surface area contributed by atoms with E-state index in [1.807, 2.05) is 30.3 Å². The van der Waals surface area contributed by atoms with Gasteiger partial charge in [-0.05, 0) is 47.5 Å². The number of benzene rings is 3. The van der Waals surface area contributed by atoms with Crippen LogP contribution in [0.2, 0.25) is 10.0 Å². The number of hydrogen-bond donors (Lipinski definition) is 1.